The molecule has 4 N–H and O–H groups in total. The molecule has 0 spiro atoms. The maximum absolute atomic E-state index is 16.8. The van der Waals surface area contributed by atoms with E-state index in [1.165, 1.54) is 20.1 Å². The number of carboxylic acids is 1. The van der Waals surface area contributed by atoms with Crippen LogP contribution in [0.2, 0.25) is 0 Å². The van der Waals surface area contributed by atoms with Gasteiger partial charge in [0.15, 0.2) is 5.82 Å². The highest BCUT2D eigenvalue weighted by molar-refractivity contribution is 6.01. The van der Waals surface area contributed by atoms with E-state index in [4.69, 9.17) is 19.4 Å². The molecule has 4 heterocycles. The Kier molecular flexibility index (Phi) is 10.4. The highest BCUT2D eigenvalue weighted by atomic mass is 19.4. The van der Waals surface area contributed by atoms with Gasteiger partial charge in [-0.25, -0.2) is 22.4 Å². The van der Waals surface area contributed by atoms with Crippen LogP contribution in [-0.2, 0) is 15.7 Å². The minimum absolute atomic E-state index is 0.0507. The van der Waals surface area contributed by atoms with E-state index >= 15 is 8.78 Å². The number of aromatic nitrogens is 4. The number of hydrogen-bond acceptors (Lipinski definition) is 9. The van der Waals surface area contributed by atoms with Crippen LogP contribution in [-0.4, -0.2) is 101 Å². The number of anilines is 1. The second kappa shape index (κ2) is 14.2. The Morgan fingerprint density at radius 2 is 1.80 bits per heavy atom. The van der Waals surface area contributed by atoms with Crippen molar-refractivity contribution in [1.29, 1.82) is 0 Å². The minimum atomic E-state index is -5.08. The molecular weight excluding hydrogens is 760 g/mol. The van der Waals surface area contributed by atoms with Crippen molar-refractivity contribution in [2.45, 2.75) is 63.0 Å². The van der Waals surface area contributed by atoms with Gasteiger partial charge in [-0.2, -0.15) is 41.4 Å². The molecule has 0 amide bonds. The fourth-order valence-corrected chi connectivity index (χ4v) is 7.34. The number of carboxylic acid groups (broad SMARTS) is 1. The summed E-state index contributed by atoms with van der Waals surface area (Å²) in [4.78, 5) is 19.4. The molecule has 11 nitrogen and oxygen atoms in total. The number of nitrogens with one attached hydrogen (secondary N) is 3. The third kappa shape index (κ3) is 7.82. The molecule has 3 fully saturated rings. The maximum Gasteiger partial charge on any atom is 0.490 e. The topological polar surface area (TPSA) is 138 Å². The van der Waals surface area contributed by atoms with E-state index in [1.807, 2.05) is 11.8 Å². The van der Waals surface area contributed by atoms with Crippen LogP contribution in [0, 0.1) is 24.0 Å². The average Bonchev–Trinajstić information content (AvgIpc) is 3.32. The van der Waals surface area contributed by atoms with Crippen LogP contribution in [0.1, 0.15) is 37.3 Å². The maximum atomic E-state index is 16.8. The summed E-state index contributed by atoms with van der Waals surface area (Å²) in [5.41, 5.74) is -5.40. The SMILES string of the molecule is COCCNC[C@@]1(COc2nc(N3C[C@H]4CC[C@@](C)(C3)N4)c3cc(F)c(-c4c(C(F)(F)F)c(C)cc5[nH]ncc45)c(F)c3n2)CC1(F)F.O=C(O)C(F)(F)F. The predicted octanol–water partition coefficient (Wildman–Crippen LogP) is 6.38. The summed E-state index contributed by atoms with van der Waals surface area (Å²) in [5.74, 6) is -8.32. The summed E-state index contributed by atoms with van der Waals surface area (Å²) >= 11 is 0. The van der Waals surface area contributed by atoms with Gasteiger partial charge in [0.1, 0.15) is 23.8 Å². The number of methoxy groups -OCH3 is 1. The quantitative estimate of drug-likeness (QED) is 0.106. The van der Waals surface area contributed by atoms with Crippen molar-refractivity contribution in [3.8, 4) is 17.1 Å². The first-order chi connectivity index (χ1) is 25.6. The minimum Gasteiger partial charge on any atom is -0.475 e. The lowest BCUT2D eigenvalue weighted by molar-refractivity contribution is -0.192. The zero-order valence-electron chi connectivity index (χ0n) is 29.4. The highest BCUT2D eigenvalue weighted by Gasteiger charge is 2.71. The van der Waals surface area contributed by atoms with Gasteiger partial charge in [0.05, 0.1) is 34.9 Å². The number of nitrogens with zero attached hydrogens (tertiary/aromatic N) is 4. The molecule has 2 bridgehead atoms. The molecule has 4 aromatic rings. The molecule has 0 radical (unpaired) electrons. The van der Waals surface area contributed by atoms with Crippen molar-refractivity contribution in [2.75, 3.05) is 51.4 Å². The van der Waals surface area contributed by atoms with E-state index in [2.05, 4.69) is 30.8 Å². The van der Waals surface area contributed by atoms with Crippen LogP contribution in [0.3, 0.4) is 0 Å². The highest BCUT2D eigenvalue weighted by Crippen LogP contribution is 2.60. The third-order valence-electron chi connectivity index (χ3n) is 10.1. The second-order valence-corrected chi connectivity index (χ2v) is 14.3. The second-order valence-electron chi connectivity index (χ2n) is 14.3. The van der Waals surface area contributed by atoms with Gasteiger partial charge in [0.2, 0.25) is 0 Å². The van der Waals surface area contributed by atoms with Gasteiger partial charge >= 0.3 is 24.3 Å². The van der Waals surface area contributed by atoms with E-state index in [9.17, 15) is 35.1 Å². The molecule has 300 valence electrons. The van der Waals surface area contributed by atoms with E-state index in [-0.39, 0.29) is 45.8 Å². The van der Waals surface area contributed by atoms with Crippen LogP contribution in [0.15, 0.2) is 18.3 Å². The average molecular weight is 796 g/mol. The summed E-state index contributed by atoms with van der Waals surface area (Å²) in [6.45, 7) is 4.05. The monoisotopic (exact) mass is 795 g/mol. The molecule has 1 aliphatic carbocycles. The van der Waals surface area contributed by atoms with E-state index < -0.39 is 82.5 Å². The number of aromatic amines is 1. The Labute approximate surface area is 305 Å². The lowest BCUT2D eigenvalue weighted by Gasteiger charge is -2.40. The van der Waals surface area contributed by atoms with Crippen molar-refractivity contribution in [1.82, 2.24) is 30.8 Å². The van der Waals surface area contributed by atoms with E-state index in [1.54, 1.807) is 0 Å². The molecule has 2 saturated heterocycles. The number of aliphatic carboxylic acids is 1. The summed E-state index contributed by atoms with van der Waals surface area (Å²) < 4.78 is 148. The molecule has 21 heteroatoms. The Balaban J connectivity index is 0.000000672. The van der Waals surface area contributed by atoms with Crippen molar-refractivity contribution >= 4 is 33.6 Å². The van der Waals surface area contributed by atoms with Crippen LogP contribution in [0.4, 0.5) is 49.7 Å². The Morgan fingerprint density at radius 1 is 1.11 bits per heavy atom. The largest absolute Gasteiger partial charge is 0.490 e. The molecule has 7 rings (SSSR count). The first-order valence-corrected chi connectivity index (χ1v) is 16.9. The molecule has 0 unspecified atom stereocenters. The van der Waals surface area contributed by atoms with Crippen molar-refractivity contribution in [3.63, 3.8) is 0 Å². The molecule has 3 aliphatic rings. The number of fused-ring (bicyclic) bond motifs is 4. The number of aryl methyl sites for hydroxylation is 1. The lowest BCUT2D eigenvalue weighted by Crippen LogP contribution is -2.58. The number of halogens is 10. The summed E-state index contributed by atoms with van der Waals surface area (Å²) in [6, 6.07) is 1.75. The van der Waals surface area contributed by atoms with Crippen molar-refractivity contribution in [3.05, 3.63) is 41.1 Å². The summed E-state index contributed by atoms with van der Waals surface area (Å²) in [7, 11) is 1.49. The first kappa shape index (κ1) is 40.2. The molecule has 55 heavy (non-hydrogen) atoms. The Morgan fingerprint density at radius 3 is 2.40 bits per heavy atom. The molecule has 3 atom stereocenters. The Bertz CT molecular complexity index is 2110. The molecule has 2 aliphatic heterocycles. The van der Waals surface area contributed by atoms with Gasteiger partial charge in [-0.1, -0.05) is 0 Å². The zero-order chi connectivity index (χ0) is 40.3. The van der Waals surface area contributed by atoms with Crippen LogP contribution in [0.25, 0.3) is 32.9 Å². The third-order valence-corrected chi connectivity index (χ3v) is 10.1. The van der Waals surface area contributed by atoms with Gasteiger partial charge in [0, 0.05) is 67.6 Å². The summed E-state index contributed by atoms with van der Waals surface area (Å²) in [6.07, 6.45) is -7.74. The number of piperazine rings is 1. The van der Waals surface area contributed by atoms with Crippen molar-refractivity contribution < 1.29 is 63.3 Å². The standard InChI is InChI=1S/C32H34F7N7O2.C2HF3O2/c1-16-8-21-19(10-41-45-21)22(24(16)32(37,38)39)23-20(33)9-18-26(25(23)34)42-28(43-27(18)46-11-17-4-5-29(2,14-46)44-17)48-15-30(12-31(30,35)36)13-40-6-7-47-3;3-2(4,5)1(6)7/h8-10,17,40,44H,4-7,11-15H2,1-3H3,(H,41,45);(H,6,7)/t17-,29+,30-;/m1./s1. The number of alkyl halides is 8. The van der Waals surface area contributed by atoms with Crippen LogP contribution >= 0.6 is 0 Å². The number of benzene rings is 2. The van der Waals surface area contributed by atoms with E-state index in [0.29, 0.717) is 26.2 Å². The van der Waals surface area contributed by atoms with Gasteiger partial charge in [-0.15, -0.1) is 0 Å². The molecule has 1 saturated carbocycles. The van der Waals surface area contributed by atoms with Gasteiger partial charge in [0.25, 0.3) is 5.92 Å². The smallest absolute Gasteiger partial charge is 0.475 e. The molecular formula is C34H35F10N7O4. The van der Waals surface area contributed by atoms with Gasteiger partial charge in [-0.3, -0.25) is 5.10 Å². The summed E-state index contributed by atoms with van der Waals surface area (Å²) in [5, 5.41) is 19.8. The Hall–Kier alpha value is -4.50. The number of ether oxygens (including phenoxy) is 2. The zero-order valence-corrected chi connectivity index (χ0v) is 29.4. The van der Waals surface area contributed by atoms with Crippen molar-refractivity contribution in [2.24, 2.45) is 5.41 Å². The first-order valence-electron chi connectivity index (χ1n) is 16.9. The normalized spacial score (nSPS) is 23.2. The number of carbonyl (C=O) groups is 1. The predicted molar refractivity (Wildman–Crippen MR) is 177 cm³/mol. The van der Waals surface area contributed by atoms with Gasteiger partial charge in [-0.05, 0) is 44.4 Å². The number of hydrogen-bond donors (Lipinski definition) is 4. The molecule has 2 aromatic heterocycles. The lowest BCUT2D eigenvalue weighted by atomic mass is 9.90. The fraction of sp³-hybridized carbons (Fsp3) is 0.529. The number of rotatable bonds is 10. The fourth-order valence-electron chi connectivity index (χ4n) is 7.34. The van der Waals surface area contributed by atoms with Gasteiger partial charge < -0.3 is 30.1 Å². The number of H-pyrrole nitrogens is 1. The molecule has 2 aromatic carbocycles. The van der Waals surface area contributed by atoms with Crippen LogP contribution < -0.4 is 20.3 Å². The van der Waals surface area contributed by atoms with Crippen LogP contribution in [0.5, 0.6) is 6.01 Å². The van der Waals surface area contributed by atoms with E-state index in [0.717, 1.165) is 25.1 Å².